The van der Waals surface area contributed by atoms with E-state index in [2.05, 4.69) is 15.7 Å². The molecule has 1 amide bonds. The third kappa shape index (κ3) is 3.71. The molecular formula is C20H25N3OS. The number of anilines is 1. The van der Waals surface area contributed by atoms with Gasteiger partial charge in [-0.05, 0) is 73.6 Å². The van der Waals surface area contributed by atoms with Crippen molar-refractivity contribution in [3.05, 3.63) is 45.3 Å². The number of aryl methyl sites for hydroxylation is 1. The first-order valence-electron chi connectivity index (χ1n) is 9.38. The lowest BCUT2D eigenvalue weighted by Crippen LogP contribution is -2.35. The Hall–Kier alpha value is -1.88. The van der Waals surface area contributed by atoms with Crippen LogP contribution in [0.4, 0.5) is 5.82 Å². The van der Waals surface area contributed by atoms with E-state index in [1.54, 1.807) is 16.6 Å². The lowest BCUT2D eigenvalue weighted by Gasteiger charge is -2.26. The van der Waals surface area contributed by atoms with Crippen molar-refractivity contribution in [3.8, 4) is 0 Å². The van der Waals surface area contributed by atoms with Gasteiger partial charge in [0.15, 0.2) is 0 Å². The molecule has 1 fully saturated rings. The summed E-state index contributed by atoms with van der Waals surface area (Å²) in [5, 5.41) is 5.70. The third-order valence-corrected chi connectivity index (χ3v) is 6.40. The molecule has 0 bridgehead atoms. The first-order chi connectivity index (χ1) is 12.3. The van der Waals surface area contributed by atoms with Gasteiger partial charge in [-0.3, -0.25) is 4.79 Å². The van der Waals surface area contributed by atoms with Gasteiger partial charge in [-0.25, -0.2) is 4.98 Å². The SMILES string of the molecule is O=C(c1ccnc(NCc2csc3c2CCCC3)c1)N1CCCCC1. The van der Waals surface area contributed by atoms with E-state index in [1.807, 2.05) is 28.4 Å². The lowest BCUT2D eigenvalue weighted by molar-refractivity contribution is 0.0724. The van der Waals surface area contributed by atoms with Crippen LogP contribution in [0, 0.1) is 0 Å². The number of thiophene rings is 1. The monoisotopic (exact) mass is 355 g/mol. The van der Waals surface area contributed by atoms with Crippen molar-refractivity contribution in [2.45, 2.75) is 51.5 Å². The molecule has 0 spiro atoms. The van der Waals surface area contributed by atoms with Gasteiger partial charge in [0.05, 0.1) is 0 Å². The number of pyridine rings is 1. The van der Waals surface area contributed by atoms with Crippen LogP contribution in [-0.4, -0.2) is 28.9 Å². The number of nitrogens with zero attached hydrogens (tertiary/aromatic N) is 2. The molecule has 1 N–H and O–H groups in total. The van der Waals surface area contributed by atoms with Gasteiger partial charge in [-0.2, -0.15) is 0 Å². The lowest BCUT2D eigenvalue weighted by atomic mass is 9.96. The normalized spacial score (nSPS) is 17.2. The zero-order valence-corrected chi connectivity index (χ0v) is 15.4. The van der Waals surface area contributed by atoms with Crippen LogP contribution in [0.1, 0.15) is 58.5 Å². The van der Waals surface area contributed by atoms with Gasteiger partial charge < -0.3 is 10.2 Å². The Kier molecular flexibility index (Phi) is 5.02. The topological polar surface area (TPSA) is 45.2 Å². The fraction of sp³-hybridized carbons (Fsp3) is 0.500. The Balaban J connectivity index is 1.43. The van der Waals surface area contributed by atoms with Crippen LogP contribution in [0.5, 0.6) is 0 Å². The number of hydrogen-bond donors (Lipinski definition) is 1. The van der Waals surface area contributed by atoms with Gasteiger partial charge in [-0.1, -0.05) is 0 Å². The molecule has 3 heterocycles. The van der Waals surface area contributed by atoms with Gasteiger partial charge in [-0.15, -0.1) is 11.3 Å². The molecule has 0 saturated carbocycles. The summed E-state index contributed by atoms with van der Waals surface area (Å²) in [4.78, 5) is 20.6. The van der Waals surface area contributed by atoms with Crippen LogP contribution in [0.25, 0.3) is 0 Å². The second kappa shape index (κ2) is 7.56. The van der Waals surface area contributed by atoms with Crippen molar-refractivity contribution in [2.75, 3.05) is 18.4 Å². The number of amides is 1. The third-order valence-electron chi connectivity index (χ3n) is 5.26. The summed E-state index contributed by atoms with van der Waals surface area (Å²) < 4.78 is 0. The second-order valence-electron chi connectivity index (χ2n) is 7.01. The van der Waals surface area contributed by atoms with E-state index >= 15 is 0 Å². The molecule has 25 heavy (non-hydrogen) atoms. The summed E-state index contributed by atoms with van der Waals surface area (Å²) >= 11 is 1.89. The van der Waals surface area contributed by atoms with E-state index in [4.69, 9.17) is 0 Å². The zero-order valence-electron chi connectivity index (χ0n) is 14.6. The van der Waals surface area contributed by atoms with Crippen LogP contribution in [0.2, 0.25) is 0 Å². The van der Waals surface area contributed by atoms with Crippen molar-refractivity contribution in [3.63, 3.8) is 0 Å². The number of fused-ring (bicyclic) bond motifs is 1. The standard InChI is InChI=1S/C20H25N3OS/c24-20(23-10-4-1-5-11-23)15-8-9-21-19(12-15)22-13-16-14-25-18-7-3-2-6-17(16)18/h8-9,12,14H,1-7,10-11,13H2,(H,21,22). The Bertz CT molecular complexity index is 749. The fourth-order valence-electron chi connectivity index (χ4n) is 3.83. The molecule has 132 valence electrons. The summed E-state index contributed by atoms with van der Waals surface area (Å²) in [6.45, 7) is 2.55. The van der Waals surface area contributed by atoms with E-state index < -0.39 is 0 Å². The molecule has 0 atom stereocenters. The van der Waals surface area contributed by atoms with Gasteiger partial charge in [0.25, 0.3) is 5.91 Å². The van der Waals surface area contributed by atoms with Crippen LogP contribution >= 0.6 is 11.3 Å². The molecule has 1 saturated heterocycles. The number of hydrogen-bond acceptors (Lipinski definition) is 4. The summed E-state index contributed by atoms with van der Waals surface area (Å²) in [7, 11) is 0. The summed E-state index contributed by atoms with van der Waals surface area (Å²) in [5.74, 6) is 0.927. The minimum Gasteiger partial charge on any atom is -0.366 e. The van der Waals surface area contributed by atoms with E-state index in [-0.39, 0.29) is 5.91 Å². The molecule has 2 aromatic rings. The largest absolute Gasteiger partial charge is 0.366 e. The maximum absolute atomic E-state index is 12.6. The summed E-state index contributed by atoms with van der Waals surface area (Å²) in [5.41, 5.74) is 3.69. The van der Waals surface area contributed by atoms with Crippen LogP contribution < -0.4 is 5.32 Å². The number of nitrogens with one attached hydrogen (secondary N) is 1. The van der Waals surface area contributed by atoms with Gasteiger partial charge >= 0.3 is 0 Å². The maximum atomic E-state index is 12.6. The molecule has 5 heteroatoms. The van der Waals surface area contributed by atoms with E-state index in [0.717, 1.165) is 43.9 Å². The highest BCUT2D eigenvalue weighted by Gasteiger charge is 2.19. The molecule has 0 aromatic carbocycles. The molecule has 0 unspecified atom stereocenters. The molecule has 2 aromatic heterocycles. The van der Waals surface area contributed by atoms with Crippen LogP contribution in [0.15, 0.2) is 23.7 Å². The molecular weight excluding hydrogens is 330 g/mol. The molecule has 2 aliphatic rings. The van der Waals surface area contributed by atoms with Gasteiger partial charge in [0, 0.05) is 36.3 Å². The van der Waals surface area contributed by atoms with Crippen molar-refractivity contribution in [2.24, 2.45) is 0 Å². The zero-order chi connectivity index (χ0) is 17.1. The number of likely N-dealkylation sites (tertiary alicyclic amines) is 1. The molecule has 1 aliphatic carbocycles. The van der Waals surface area contributed by atoms with Crippen LogP contribution in [-0.2, 0) is 19.4 Å². The highest BCUT2D eigenvalue weighted by molar-refractivity contribution is 7.10. The molecule has 0 radical (unpaired) electrons. The number of aromatic nitrogens is 1. The number of carbonyl (C=O) groups excluding carboxylic acids is 1. The van der Waals surface area contributed by atoms with Crippen LogP contribution in [0.3, 0.4) is 0 Å². The number of piperidine rings is 1. The molecule has 4 rings (SSSR count). The minimum absolute atomic E-state index is 0.137. The number of rotatable bonds is 4. The van der Waals surface area contributed by atoms with Crippen molar-refractivity contribution in [1.29, 1.82) is 0 Å². The molecule has 1 aliphatic heterocycles. The predicted molar refractivity (Wildman–Crippen MR) is 102 cm³/mol. The highest BCUT2D eigenvalue weighted by atomic mass is 32.1. The number of carbonyl (C=O) groups is 1. The second-order valence-corrected chi connectivity index (χ2v) is 7.97. The fourth-order valence-corrected chi connectivity index (χ4v) is 4.98. The quantitative estimate of drug-likeness (QED) is 0.891. The first-order valence-corrected chi connectivity index (χ1v) is 10.3. The van der Waals surface area contributed by atoms with Crippen molar-refractivity contribution in [1.82, 2.24) is 9.88 Å². The van der Waals surface area contributed by atoms with Gasteiger partial charge in [0.1, 0.15) is 5.82 Å². The molecule has 4 nitrogen and oxygen atoms in total. The van der Waals surface area contributed by atoms with Gasteiger partial charge in [0.2, 0.25) is 0 Å². The summed E-state index contributed by atoms with van der Waals surface area (Å²) in [6.07, 6.45) is 10.3. The maximum Gasteiger partial charge on any atom is 0.254 e. The predicted octanol–water partition coefficient (Wildman–Crippen LogP) is 4.26. The minimum atomic E-state index is 0.137. The van der Waals surface area contributed by atoms with Crippen molar-refractivity contribution >= 4 is 23.1 Å². The Morgan fingerprint density at radius 3 is 2.88 bits per heavy atom. The summed E-state index contributed by atoms with van der Waals surface area (Å²) in [6, 6.07) is 3.73. The van der Waals surface area contributed by atoms with E-state index in [9.17, 15) is 4.79 Å². The average molecular weight is 356 g/mol. The smallest absolute Gasteiger partial charge is 0.254 e. The first kappa shape index (κ1) is 16.6. The Morgan fingerprint density at radius 1 is 1.16 bits per heavy atom. The Morgan fingerprint density at radius 2 is 2.00 bits per heavy atom. The Labute approximate surface area is 153 Å². The van der Waals surface area contributed by atoms with E-state index in [1.165, 1.54) is 37.7 Å². The highest BCUT2D eigenvalue weighted by Crippen LogP contribution is 2.30. The average Bonchev–Trinajstić information content (AvgIpc) is 3.10. The van der Waals surface area contributed by atoms with E-state index in [0.29, 0.717) is 0 Å². The van der Waals surface area contributed by atoms with Crippen molar-refractivity contribution < 1.29 is 4.79 Å².